The Morgan fingerprint density at radius 2 is 1.50 bits per heavy atom. The minimum absolute atomic E-state index is 0. The summed E-state index contributed by atoms with van der Waals surface area (Å²) in [4.78, 5) is 0. The van der Waals surface area contributed by atoms with Crippen LogP contribution in [0, 0.1) is 0 Å². The SMILES string of the molecule is CC[SiH](CC)N(C)[Si](C)(C)C.[H-].[K+]. The second-order valence-electron chi connectivity index (χ2n) is 4.25. The molecule has 0 aromatic heterocycles. The molecule has 0 atom stereocenters. The van der Waals surface area contributed by atoms with E-state index in [0.29, 0.717) is 0 Å². The summed E-state index contributed by atoms with van der Waals surface area (Å²) < 4.78 is 2.74. The summed E-state index contributed by atoms with van der Waals surface area (Å²) in [7, 11) is 0.857. The van der Waals surface area contributed by atoms with Crippen LogP contribution in [0.1, 0.15) is 15.3 Å². The summed E-state index contributed by atoms with van der Waals surface area (Å²) in [6.07, 6.45) is 0. The smallest absolute Gasteiger partial charge is 1.00 e. The van der Waals surface area contributed by atoms with E-state index in [2.05, 4.69) is 44.8 Å². The molecule has 0 fully saturated rings. The van der Waals surface area contributed by atoms with Gasteiger partial charge in [-0.05, 0) is 7.05 Å². The Balaban J connectivity index is -0.000000500. The van der Waals surface area contributed by atoms with Gasteiger partial charge in [0.25, 0.3) is 0 Å². The van der Waals surface area contributed by atoms with Gasteiger partial charge in [0.05, 0.1) is 0 Å². The van der Waals surface area contributed by atoms with Crippen LogP contribution in [-0.4, -0.2) is 28.5 Å². The summed E-state index contributed by atoms with van der Waals surface area (Å²) in [6.45, 7) is 12.0. The largest absolute Gasteiger partial charge is 1.00 e. The molecule has 70 valence electrons. The first-order valence-electron chi connectivity index (χ1n) is 4.66. The monoisotopic (exact) mass is 229 g/mol. The van der Waals surface area contributed by atoms with E-state index in [-0.39, 0.29) is 52.8 Å². The zero-order valence-electron chi connectivity index (χ0n) is 10.9. The molecule has 0 aliphatic carbocycles. The summed E-state index contributed by atoms with van der Waals surface area (Å²) in [5, 5.41) is 0. The quantitative estimate of drug-likeness (QED) is 0.595. The van der Waals surface area contributed by atoms with Crippen molar-refractivity contribution in [3.05, 3.63) is 0 Å². The van der Waals surface area contributed by atoms with Gasteiger partial charge in [0.2, 0.25) is 0 Å². The Morgan fingerprint density at radius 3 is 1.58 bits per heavy atom. The molecule has 4 heteroatoms. The Kier molecular flexibility index (Phi) is 10.1. The Hall–Kier alpha value is 2.03. The van der Waals surface area contributed by atoms with Gasteiger partial charge in [0.15, 0.2) is 0 Å². The summed E-state index contributed by atoms with van der Waals surface area (Å²) in [5.74, 6) is 0. The third-order valence-corrected chi connectivity index (χ3v) is 11.1. The molecule has 0 amide bonds. The molecule has 0 saturated carbocycles. The van der Waals surface area contributed by atoms with Crippen molar-refractivity contribution in [1.82, 2.24) is 4.23 Å². The third-order valence-electron chi connectivity index (χ3n) is 2.55. The minimum atomic E-state index is -0.971. The second-order valence-corrected chi connectivity index (χ2v) is 13.5. The maximum absolute atomic E-state index is 2.74. The molecule has 0 spiro atoms. The van der Waals surface area contributed by atoms with E-state index in [4.69, 9.17) is 0 Å². The van der Waals surface area contributed by atoms with Crippen LogP contribution in [0.4, 0.5) is 0 Å². The van der Waals surface area contributed by atoms with Gasteiger partial charge in [-0.2, -0.15) is 0 Å². The van der Waals surface area contributed by atoms with Gasteiger partial charge in [0.1, 0.15) is 17.2 Å². The van der Waals surface area contributed by atoms with Crippen molar-refractivity contribution in [3.8, 4) is 0 Å². The van der Waals surface area contributed by atoms with Crippen molar-refractivity contribution in [1.29, 1.82) is 0 Å². The van der Waals surface area contributed by atoms with Crippen molar-refractivity contribution >= 4 is 17.2 Å². The molecule has 0 unspecified atom stereocenters. The van der Waals surface area contributed by atoms with Crippen LogP contribution in [0.2, 0.25) is 31.7 Å². The van der Waals surface area contributed by atoms with Crippen molar-refractivity contribution in [3.63, 3.8) is 0 Å². The van der Waals surface area contributed by atoms with Crippen LogP contribution < -0.4 is 51.4 Å². The van der Waals surface area contributed by atoms with Crippen molar-refractivity contribution in [2.45, 2.75) is 45.6 Å². The Morgan fingerprint density at radius 1 is 1.17 bits per heavy atom. The topological polar surface area (TPSA) is 3.24 Å². The average molecular weight is 230 g/mol. The van der Waals surface area contributed by atoms with E-state index in [0.717, 1.165) is 0 Å². The van der Waals surface area contributed by atoms with Gasteiger partial charge in [-0.25, -0.2) is 0 Å². The minimum Gasteiger partial charge on any atom is -1.00 e. The van der Waals surface area contributed by atoms with Crippen molar-refractivity contribution < 1.29 is 52.8 Å². The van der Waals surface area contributed by atoms with Gasteiger partial charge in [-0.15, -0.1) is 0 Å². The normalized spacial score (nSPS) is 12.0. The predicted molar refractivity (Wildman–Crippen MR) is 60.3 cm³/mol. The Bertz CT molecular complexity index is 115. The molecule has 1 nitrogen and oxygen atoms in total. The van der Waals surface area contributed by atoms with Crippen LogP contribution in [0.3, 0.4) is 0 Å². The Labute approximate surface area is 125 Å². The molecule has 0 radical (unpaired) electrons. The summed E-state index contributed by atoms with van der Waals surface area (Å²) in [5.41, 5.74) is 0. The number of hydrogen-bond acceptors (Lipinski definition) is 1. The molecular weight excluding hydrogens is 205 g/mol. The molecule has 0 aliphatic heterocycles. The first-order chi connectivity index (χ1) is 4.93. The molecule has 12 heavy (non-hydrogen) atoms. The predicted octanol–water partition coefficient (Wildman–Crippen LogP) is -0.367. The van der Waals surface area contributed by atoms with Crippen LogP contribution in [0.5, 0.6) is 0 Å². The molecule has 0 saturated heterocycles. The molecule has 0 heterocycles. The van der Waals surface area contributed by atoms with E-state index in [9.17, 15) is 0 Å². The summed E-state index contributed by atoms with van der Waals surface area (Å²) in [6, 6.07) is 2.86. The van der Waals surface area contributed by atoms with E-state index in [1.54, 1.807) is 0 Å². The molecule has 0 aromatic carbocycles. The zero-order valence-corrected chi connectivity index (χ0v) is 15.2. The summed E-state index contributed by atoms with van der Waals surface area (Å²) >= 11 is 0. The standard InChI is InChI=1S/C8H23NSi2.K.H/c1-7-10(8-2)9(3)11(4,5)6;;/h10H,7-8H2,1-6H3;;/q;+1;-1. The first-order valence-corrected chi connectivity index (χ1v) is 10.3. The molecule has 0 aliphatic rings. The van der Waals surface area contributed by atoms with Crippen molar-refractivity contribution in [2.75, 3.05) is 7.05 Å². The molecule has 0 aromatic rings. The van der Waals surface area contributed by atoms with E-state index in [1.165, 1.54) is 12.1 Å². The number of rotatable bonds is 4. The number of hydrogen-bond donors (Lipinski definition) is 0. The van der Waals surface area contributed by atoms with Gasteiger partial charge in [-0.1, -0.05) is 45.6 Å². The second kappa shape index (κ2) is 7.34. The third kappa shape index (κ3) is 5.70. The van der Waals surface area contributed by atoms with E-state index >= 15 is 0 Å². The van der Waals surface area contributed by atoms with Crippen molar-refractivity contribution in [2.24, 2.45) is 0 Å². The van der Waals surface area contributed by atoms with E-state index in [1.807, 2.05) is 0 Å². The molecular formula is C8H24KNSi2. The molecule has 0 N–H and O–H groups in total. The van der Waals surface area contributed by atoms with Gasteiger partial charge in [-0.3, -0.25) is 0 Å². The first kappa shape index (κ1) is 16.5. The number of nitrogens with zero attached hydrogens (tertiary/aromatic N) is 1. The fraction of sp³-hybridized carbons (Fsp3) is 1.00. The van der Waals surface area contributed by atoms with Crippen LogP contribution in [0.15, 0.2) is 0 Å². The molecule has 0 rings (SSSR count). The molecule has 0 bridgehead atoms. The van der Waals surface area contributed by atoms with Gasteiger partial charge < -0.3 is 5.66 Å². The maximum Gasteiger partial charge on any atom is 1.00 e. The van der Waals surface area contributed by atoms with Crippen LogP contribution in [-0.2, 0) is 0 Å². The maximum atomic E-state index is 2.74. The zero-order chi connectivity index (χ0) is 9.07. The van der Waals surface area contributed by atoms with Crippen LogP contribution >= 0.6 is 0 Å². The van der Waals surface area contributed by atoms with Gasteiger partial charge in [0, 0.05) is 0 Å². The van der Waals surface area contributed by atoms with E-state index < -0.39 is 17.2 Å². The fourth-order valence-corrected chi connectivity index (χ4v) is 8.53. The van der Waals surface area contributed by atoms with Gasteiger partial charge >= 0.3 is 51.4 Å². The average Bonchev–Trinajstić information content (AvgIpc) is 1.88. The van der Waals surface area contributed by atoms with Crippen LogP contribution in [0.25, 0.3) is 0 Å². The fourth-order valence-electron chi connectivity index (χ4n) is 1.38.